The second-order valence-corrected chi connectivity index (χ2v) is 30.7. The second-order valence-electron chi connectivity index (χ2n) is 23.5. The average Bonchev–Trinajstić information content (AvgIpc) is 1.53. The summed E-state index contributed by atoms with van der Waals surface area (Å²) in [5.41, 5.74) is -0.673. The maximum absolute atomic E-state index is 13.1. The zero-order valence-electron chi connectivity index (χ0n) is 56.4. The number of hydrogen-bond acceptors (Lipinski definition) is 25. The number of hydrogen-bond donors (Lipinski definition) is 5. The van der Waals surface area contributed by atoms with Crippen LogP contribution >= 0.6 is 0 Å². The minimum atomic E-state index is -5.44. The Bertz CT molecular complexity index is 4060. The molecule has 100 heavy (non-hydrogen) atoms. The zero-order chi connectivity index (χ0) is 73.2. The monoisotopic (exact) mass is 1510 g/mol. The molecule has 2 unspecified atom stereocenters. The van der Waals surface area contributed by atoms with Crippen LogP contribution in [-0.2, 0) is 123 Å². The van der Waals surface area contributed by atoms with Gasteiger partial charge in [0.25, 0.3) is 40.5 Å². The lowest BCUT2D eigenvalue weighted by molar-refractivity contribution is -0.437. The highest BCUT2D eigenvalue weighted by atomic mass is 32.2. The van der Waals surface area contributed by atoms with Gasteiger partial charge in [-0.05, 0) is 104 Å². The number of methoxy groups -OCH3 is 2. The molecule has 6 rings (SSSR count). The van der Waals surface area contributed by atoms with Crippen molar-refractivity contribution in [1.29, 1.82) is 0 Å². The van der Waals surface area contributed by atoms with E-state index in [9.17, 15) is 74.8 Å². The Kier molecular flexibility index (Phi) is 33.3. The van der Waals surface area contributed by atoms with Gasteiger partial charge in [-0.1, -0.05) is 18.6 Å². The largest absolute Gasteiger partial charge is 0.744 e. The quantitative estimate of drug-likeness (QED) is 0.0210. The summed E-state index contributed by atoms with van der Waals surface area (Å²) in [6.45, 7) is 9.31. The van der Waals surface area contributed by atoms with E-state index in [2.05, 4.69) is 0 Å². The maximum Gasteiger partial charge on any atom is 0.303 e. The fraction of sp³-hybridized carbons (Fsp3) is 0.594. The van der Waals surface area contributed by atoms with E-state index in [1.165, 1.54) is 18.2 Å². The van der Waals surface area contributed by atoms with Crippen LogP contribution in [0.2, 0.25) is 0 Å². The summed E-state index contributed by atoms with van der Waals surface area (Å²) in [7, 11) is -22.5. The third kappa shape index (κ3) is 24.8. The van der Waals surface area contributed by atoms with Gasteiger partial charge in [0.05, 0.1) is 158 Å². The molecule has 0 radical (unpaired) electrons. The molecule has 0 fully saturated rings. The Morgan fingerprint density at radius 3 is 1.35 bits per heavy atom. The minimum absolute atomic E-state index is 0.0101. The molecule has 0 aliphatic carbocycles. The average molecular weight is 1510 g/mol. The summed E-state index contributed by atoms with van der Waals surface area (Å²) >= 11 is 0. The van der Waals surface area contributed by atoms with Gasteiger partial charge < -0.3 is 71.4 Å². The molecule has 2 heterocycles. The molecule has 0 amide bonds. The van der Waals surface area contributed by atoms with Crippen LogP contribution in [0, 0.1) is 0 Å². The minimum Gasteiger partial charge on any atom is -0.744 e. The fourth-order valence-electron chi connectivity index (χ4n) is 11.9. The smallest absolute Gasteiger partial charge is 0.303 e. The lowest BCUT2D eigenvalue weighted by Gasteiger charge is -2.31. The van der Waals surface area contributed by atoms with Gasteiger partial charge in [-0.3, -0.25) is 23.0 Å². The number of carboxylic acid groups (broad SMARTS) is 1. The Morgan fingerprint density at radius 1 is 0.500 bits per heavy atom. The zero-order valence-corrected chi connectivity index (χ0v) is 60.5. The number of anilines is 1. The van der Waals surface area contributed by atoms with Crippen molar-refractivity contribution in [2.24, 2.45) is 0 Å². The topological polar surface area (TPSA) is 429 Å². The van der Waals surface area contributed by atoms with E-state index in [4.69, 9.17) is 56.8 Å². The van der Waals surface area contributed by atoms with Gasteiger partial charge in [0, 0.05) is 86.7 Å². The summed E-state index contributed by atoms with van der Waals surface area (Å²) in [5.74, 6) is -1.75. The van der Waals surface area contributed by atoms with Gasteiger partial charge in [-0.25, -0.2) is 8.42 Å². The maximum atomic E-state index is 13.1. The predicted molar refractivity (Wildman–Crippen MR) is 363 cm³/mol. The van der Waals surface area contributed by atoms with E-state index in [1.807, 2.05) is 4.90 Å². The van der Waals surface area contributed by atoms with Crippen molar-refractivity contribution in [1.82, 2.24) is 0 Å². The summed E-state index contributed by atoms with van der Waals surface area (Å²) in [4.78, 5) is 9.94. The molecular formula is C64H92N2O29S5. The SMILES string of the molecule is COCCOCCOCCOCCOCCOCCC1(C)C(/C=C/C=C2/N(CCCCCC(=O)O)c3ccc4c(S(=O)(=O)[O-])cc(S(=O)(=O)O)cc4c3C2(C)CCOCCOCCOCCOCCOCCOC)=[N+](CCCS(=O)(=O)O)c2ccc3c(S(=O)(=O)O)cc(S(=O)(=O)O)cc3c21. The molecule has 2 aliphatic rings. The van der Waals surface area contributed by atoms with Crippen LogP contribution in [0.25, 0.3) is 21.5 Å². The van der Waals surface area contributed by atoms with Crippen LogP contribution in [0.4, 0.5) is 11.4 Å². The Balaban J connectivity index is 1.42. The van der Waals surface area contributed by atoms with Crippen LogP contribution in [0.5, 0.6) is 0 Å². The van der Waals surface area contributed by atoms with Crippen molar-refractivity contribution < 1.29 is 136 Å². The van der Waals surface area contributed by atoms with E-state index >= 15 is 0 Å². The van der Waals surface area contributed by atoms with Crippen molar-refractivity contribution in [3.8, 4) is 0 Å². The Hall–Kier alpha value is -5.11. The van der Waals surface area contributed by atoms with Gasteiger partial charge >= 0.3 is 5.97 Å². The summed E-state index contributed by atoms with van der Waals surface area (Å²) in [6.07, 6.45) is 5.73. The number of nitrogens with zero attached hydrogens (tertiary/aromatic N) is 2. The molecule has 0 spiro atoms. The molecule has 0 bridgehead atoms. The standard InChI is InChI=1S/C64H92N2O29S5/c1-63(17-21-86-27-29-90-35-37-94-41-39-92-33-31-88-25-23-84-3)58(65(19-7-5-6-12-60(67)68)54-15-13-50-52(61(54)63)44-48(97(72,73)74)46-56(50)99(78,79)80)10-8-11-59-64(2,18-22-87-28-30-91-36-38-95-42-40-93-34-32-89-26-24-85-4)62-53-45-49(98(75,76)77)47-57(100(81,82)83)51(53)14-16-55(62)66(59)20-9-43-96(69,70)71/h8,10-11,13-16,44-47H,5-7,9,12,17-43H2,1-4H3,(H5-,67,68,69,70,71,72,73,74,75,76,77,78,79,80,81,82,83). The predicted octanol–water partition coefficient (Wildman–Crippen LogP) is 5.37. The number of carboxylic acids is 1. The van der Waals surface area contributed by atoms with Crippen LogP contribution in [0.3, 0.4) is 0 Å². The highest BCUT2D eigenvalue weighted by molar-refractivity contribution is 7.87. The van der Waals surface area contributed by atoms with Crippen molar-refractivity contribution >= 4 is 95.2 Å². The van der Waals surface area contributed by atoms with E-state index in [0.29, 0.717) is 127 Å². The Morgan fingerprint density at radius 2 is 0.920 bits per heavy atom. The molecule has 0 saturated heterocycles. The van der Waals surface area contributed by atoms with Crippen LogP contribution in [0.15, 0.2) is 92.0 Å². The van der Waals surface area contributed by atoms with Crippen molar-refractivity contribution in [2.75, 3.05) is 183 Å². The third-order valence-corrected chi connectivity index (χ3v) is 20.8. The number of allylic oxidation sites excluding steroid dienone is 4. The van der Waals surface area contributed by atoms with Gasteiger partial charge in [0.15, 0.2) is 5.71 Å². The molecule has 0 aromatic heterocycles. The number of ether oxygens (including phenoxy) is 12. The lowest BCUT2D eigenvalue weighted by atomic mass is 9.74. The molecule has 2 aliphatic heterocycles. The summed E-state index contributed by atoms with van der Waals surface area (Å²) < 4.78 is 252. The molecule has 4 aromatic rings. The van der Waals surface area contributed by atoms with Crippen LogP contribution < -0.4 is 4.90 Å². The van der Waals surface area contributed by atoms with E-state index in [-0.39, 0.29) is 144 Å². The fourth-order valence-corrected chi connectivity index (χ4v) is 15.0. The first-order chi connectivity index (χ1) is 47.4. The highest BCUT2D eigenvalue weighted by Crippen LogP contribution is 2.54. The number of unbranched alkanes of at least 4 members (excludes halogenated alkanes) is 2. The molecule has 36 heteroatoms. The van der Waals surface area contributed by atoms with Gasteiger partial charge in [0.2, 0.25) is 5.69 Å². The van der Waals surface area contributed by atoms with Crippen molar-refractivity contribution in [2.45, 2.75) is 89.2 Å². The molecule has 4 aromatic carbocycles. The van der Waals surface area contributed by atoms with E-state index in [1.54, 1.807) is 56.9 Å². The second kappa shape index (κ2) is 39.7. The van der Waals surface area contributed by atoms with Gasteiger partial charge in [-0.15, -0.1) is 0 Å². The van der Waals surface area contributed by atoms with E-state index in [0.717, 1.165) is 12.1 Å². The molecule has 2 atom stereocenters. The highest BCUT2D eigenvalue weighted by Gasteiger charge is 2.50. The Labute approximate surface area is 584 Å². The lowest BCUT2D eigenvalue weighted by Crippen LogP contribution is -2.33. The number of aliphatic carboxylic acids is 1. The number of rotatable bonds is 52. The van der Waals surface area contributed by atoms with Crippen LogP contribution in [0.1, 0.15) is 69.9 Å². The van der Waals surface area contributed by atoms with Crippen molar-refractivity contribution in [3.05, 3.63) is 83.6 Å². The molecule has 5 N–H and O–H groups in total. The summed E-state index contributed by atoms with van der Waals surface area (Å²) in [5, 5.41) is 9.10. The summed E-state index contributed by atoms with van der Waals surface area (Å²) in [6, 6.07) is 9.01. The van der Waals surface area contributed by atoms with Gasteiger partial charge in [0.1, 0.15) is 21.6 Å². The number of fused-ring (bicyclic) bond motifs is 6. The number of benzene rings is 4. The normalized spacial score (nSPS) is 17.3. The number of carbonyl (C=O) groups is 1. The molecule has 31 nitrogen and oxygen atoms in total. The first kappa shape index (κ1) is 83.8. The molecule has 0 saturated carbocycles. The van der Waals surface area contributed by atoms with E-state index < -0.39 is 92.7 Å². The third-order valence-electron chi connectivity index (χ3n) is 16.5. The van der Waals surface area contributed by atoms with Gasteiger partial charge in [-0.2, -0.15) is 38.2 Å². The first-order valence-electron chi connectivity index (χ1n) is 32.2. The van der Waals surface area contributed by atoms with Crippen molar-refractivity contribution in [3.63, 3.8) is 0 Å². The first-order valence-corrected chi connectivity index (χ1v) is 39.6. The molecule has 562 valence electrons. The van der Waals surface area contributed by atoms with Crippen LogP contribution in [-0.4, -0.2) is 265 Å². The molecular weight excluding hydrogens is 1420 g/mol.